The summed E-state index contributed by atoms with van der Waals surface area (Å²) in [5, 5.41) is 0. The van der Waals surface area contributed by atoms with E-state index in [1.165, 1.54) is 32.5 Å². The van der Waals surface area contributed by atoms with Crippen LogP contribution in [-0.4, -0.2) is 68.3 Å². The smallest absolute Gasteiger partial charge is 0.339 e. The number of esters is 1. The van der Waals surface area contributed by atoms with Gasteiger partial charge in [-0.15, -0.1) is 0 Å². The van der Waals surface area contributed by atoms with Crippen LogP contribution in [0.2, 0.25) is 0 Å². The highest BCUT2D eigenvalue weighted by Crippen LogP contribution is 2.33. The maximum absolute atomic E-state index is 13.8. The fourth-order valence-corrected chi connectivity index (χ4v) is 4.73. The molecule has 1 aromatic carbocycles. The second kappa shape index (κ2) is 12.8. The zero-order valence-electron chi connectivity index (χ0n) is 23.5. The number of ether oxygens (including phenoxy) is 3. The van der Waals surface area contributed by atoms with Gasteiger partial charge >= 0.3 is 5.97 Å². The van der Waals surface area contributed by atoms with Crippen molar-refractivity contribution >= 4 is 28.0 Å². The Hall–Kier alpha value is -3.74. The highest BCUT2D eigenvalue weighted by Gasteiger charge is 2.31. The summed E-state index contributed by atoms with van der Waals surface area (Å²) in [5.41, 5.74) is 2.59. The third kappa shape index (κ3) is 7.51. The van der Waals surface area contributed by atoms with E-state index < -0.39 is 40.3 Å². The van der Waals surface area contributed by atoms with Gasteiger partial charge in [-0.3, -0.25) is 4.98 Å². The lowest BCUT2D eigenvalue weighted by Gasteiger charge is -2.33. The van der Waals surface area contributed by atoms with E-state index in [9.17, 15) is 17.6 Å². The van der Waals surface area contributed by atoms with E-state index in [2.05, 4.69) is 15.0 Å². The predicted octanol–water partition coefficient (Wildman–Crippen LogP) is 4.59. The molecular weight excluding hydrogens is 551 g/mol. The number of benzene rings is 1. The number of sulfonamides is 1. The number of rotatable bonds is 9. The van der Waals surface area contributed by atoms with Gasteiger partial charge in [-0.1, -0.05) is 26.0 Å². The molecule has 0 saturated carbocycles. The minimum atomic E-state index is -3.64. The Balaban J connectivity index is 1.71. The van der Waals surface area contributed by atoms with Crippen molar-refractivity contribution in [1.82, 2.24) is 15.0 Å². The molecule has 1 aliphatic rings. The molecule has 2 aromatic heterocycles. The van der Waals surface area contributed by atoms with Gasteiger partial charge in [0.1, 0.15) is 11.9 Å². The molecule has 1 unspecified atom stereocenters. The number of pyridine rings is 1. The normalized spacial score (nSPS) is 19.4. The van der Waals surface area contributed by atoms with Gasteiger partial charge < -0.3 is 14.2 Å². The van der Waals surface area contributed by atoms with Crippen molar-refractivity contribution in [3.63, 3.8) is 0 Å². The van der Waals surface area contributed by atoms with Crippen LogP contribution in [0.5, 0.6) is 0 Å². The highest BCUT2D eigenvalue weighted by molar-refractivity contribution is 7.92. The topological polar surface area (TPSA) is 121 Å². The Morgan fingerprint density at radius 2 is 1.90 bits per heavy atom. The average Bonchev–Trinajstić information content (AvgIpc) is 2.95. The van der Waals surface area contributed by atoms with Gasteiger partial charge in [0.15, 0.2) is 6.29 Å². The first-order valence-electron chi connectivity index (χ1n) is 13.1. The summed E-state index contributed by atoms with van der Waals surface area (Å²) in [4.78, 5) is 25.8. The lowest BCUT2D eigenvalue weighted by Crippen LogP contribution is -2.38. The molecule has 4 rings (SSSR count). The van der Waals surface area contributed by atoms with Crippen LogP contribution in [0.4, 0.5) is 10.3 Å². The molecule has 0 N–H and O–H groups in total. The summed E-state index contributed by atoms with van der Waals surface area (Å²) in [6, 6.07) is 9.08. The van der Waals surface area contributed by atoms with Crippen LogP contribution in [0, 0.1) is 5.82 Å². The number of anilines is 1. The van der Waals surface area contributed by atoms with Gasteiger partial charge in [0, 0.05) is 50.5 Å². The number of carbonyl (C=O) groups excluding carboxylic acids is 1. The fraction of sp³-hybridized carbons (Fsp3) is 0.379. The number of halogens is 1. The van der Waals surface area contributed by atoms with E-state index in [0.29, 0.717) is 40.9 Å². The van der Waals surface area contributed by atoms with Crippen molar-refractivity contribution < 1.29 is 31.8 Å². The number of hydrogen-bond acceptors (Lipinski definition) is 9. The molecular formula is C29H33FN4O6S. The third-order valence-corrected chi connectivity index (χ3v) is 7.75. The fourth-order valence-electron chi connectivity index (χ4n) is 4.35. The lowest BCUT2D eigenvalue weighted by atomic mass is 9.96. The predicted molar refractivity (Wildman–Crippen MR) is 152 cm³/mol. The second-order valence-corrected chi connectivity index (χ2v) is 12.0. The summed E-state index contributed by atoms with van der Waals surface area (Å²) in [6.45, 7) is 3.87. The molecule has 1 aliphatic heterocycles. The molecule has 3 heterocycles. The van der Waals surface area contributed by atoms with E-state index in [1.807, 2.05) is 19.9 Å². The summed E-state index contributed by atoms with van der Waals surface area (Å²) in [7, 11) is -0.740. The molecule has 3 atom stereocenters. The van der Waals surface area contributed by atoms with Crippen LogP contribution in [0.15, 0.2) is 54.9 Å². The number of carbonyl (C=O) groups is 1. The maximum Gasteiger partial charge on any atom is 0.339 e. The molecule has 0 amide bonds. The van der Waals surface area contributed by atoms with Crippen molar-refractivity contribution in [3.05, 3.63) is 77.5 Å². The number of methoxy groups -OCH3 is 1. The first-order chi connectivity index (χ1) is 19.5. The first kappa shape index (κ1) is 30.2. The van der Waals surface area contributed by atoms with E-state index >= 15 is 0 Å². The molecule has 1 saturated heterocycles. The summed E-state index contributed by atoms with van der Waals surface area (Å²) in [5.74, 6) is -1.01. The van der Waals surface area contributed by atoms with Crippen molar-refractivity contribution in [1.29, 1.82) is 0 Å². The molecule has 10 nitrogen and oxygen atoms in total. The van der Waals surface area contributed by atoms with E-state index in [4.69, 9.17) is 14.2 Å². The summed E-state index contributed by atoms with van der Waals surface area (Å²) < 4.78 is 56.6. The van der Waals surface area contributed by atoms with Gasteiger partial charge in [0.2, 0.25) is 16.0 Å². The standard InChI is InChI=1S/C29H33FN4O6S/c1-18(2)26-24(27(19-8-10-21(30)11-9-19)33-29(32-26)34(3)41(5,36)37)13-12-22-15-23(16-25(38-4)39-22)40-28(35)20-7-6-14-31-17-20/h6-14,17-18,22-23,25H,15-16H2,1-5H3/b13-12+/t22-,23-,25?/m1/s1. The first-order valence-corrected chi connectivity index (χ1v) is 14.9. The lowest BCUT2D eigenvalue weighted by molar-refractivity contribution is -0.191. The van der Waals surface area contributed by atoms with Gasteiger partial charge in [-0.2, -0.15) is 0 Å². The second-order valence-electron chi connectivity index (χ2n) is 10.0. The minimum absolute atomic E-state index is 0.00316. The number of nitrogens with zero attached hydrogens (tertiary/aromatic N) is 4. The van der Waals surface area contributed by atoms with Crippen LogP contribution in [0.25, 0.3) is 17.3 Å². The largest absolute Gasteiger partial charge is 0.458 e. The summed E-state index contributed by atoms with van der Waals surface area (Å²) in [6.07, 6.45) is 6.89. The van der Waals surface area contributed by atoms with Gasteiger partial charge in [-0.05, 0) is 42.3 Å². The van der Waals surface area contributed by atoms with Crippen molar-refractivity contribution in [2.75, 3.05) is 24.7 Å². The molecule has 0 bridgehead atoms. The third-order valence-electron chi connectivity index (χ3n) is 6.60. The molecule has 12 heteroatoms. The van der Waals surface area contributed by atoms with Crippen LogP contribution >= 0.6 is 0 Å². The monoisotopic (exact) mass is 584 g/mol. The van der Waals surface area contributed by atoms with Crippen LogP contribution in [-0.2, 0) is 24.2 Å². The van der Waals surface area contributed by atoms with E-state index in [-0.39, 0.29) is 11.9 Å². The Morgan fingerprint density at radius 1 is 1.17 bits per heavy atom. The number of aromatic nitrogens is 3. The minimum Gasteiger partial charge on any atom is -0.458 e. The highest BCUT2D eigenvalue weighted by atomic mass is 32.2. The Bertz CT molecular complexity index is 1500. The molecule has 0 aliphatic carbocycles. The molecule has 218 valence electrons. The molecule has 0 spiro atoms. The van der Waals surface area contributed by atoms with E-state index in [1.54, 1.807) is 36.5 Å². The number of hydrogen-bond donors (Lipinski definition) is 0. The zero-order valence-corrected chi connectivity index (χ0v) is 24.3. The van der Waals surface area contributed by atoms with Crippen molar-refractivity contribution in [2.24, 2.45) is 0 Å². The Kier molecular flexibility index (Phi) is 9.46. The van der Waals surface area contributed by atoms with Crippen molar-refractivity contribution in [2.45, 2.75) is 51.1 Å². The Labute approximate surface area is 239 Å². The summed E-state index contributed by atoms with van der Waals surface area (Å²) >= 11 is 0. The molecule has 3 aromatic rings. The van der Waals surface area contributed by atoms with Crippen molar-refractivity contribution in [3.8, 4) is 11.3 Å². The van der Waals surface area contributed by atoms with Crippen LogP contribution in [0.1, 0.15) is 54.2 Å². The van der Waals surface area contributed by atoms with Gasteiger partial charge in [-0.25, -0.2) is 31.9 Å². The van der Waals surface area contributed by atoms with Gasteiger partial charge in [0.05, 0.1) is 29.3 Å². The molecule has 1 fully saturated rings. The van der Waals surface area contributed by atoms with Gasteiger partial charge in [0.25, 0.3) is 0 Å². The maximum atomic E-state index is 13.8. The SMILES string of the molecule is COC1C[C@H](OC(=O)c2cccnc2)C[C@@H](/C=C/c2c(-c3ccc(F)cc3)nc(N(C)S(C)(=O)=O)nc2C(C)C)O1. The quantitative estimate of drug-likeness (QED) is 0.333. The average molecular weight is 585 g/mol. The zero-order chi connectivity index (χ0) is 29.7. The van der Waals surface area contributed by atoms with Crippen LogP contribution in [0.3, 0.4) is 0 Å². The van der Waals surface area contributed by atoms with Crippen LogP contribution < -0.4 is 4.31 Å². The van der Waals surface area contributed by atoms with E-state index in [0.717, 1.165) is 10.6 Å². The molecule has 41 heavy (non-hydrogen) atoms. The Morgan fingerprint density at radius 3 is 2.51 bits per heavy atom. The molecule has 0 radical (unpaired) electrons.